The average molecular weight is 719 g/mol. The molecule has 0 aliphatic heterocycles. The fourth-order valence-electron chi connectivity index (χ4n) is 8.87. The molecule has 0 aliphatic carbocycles. The van der Waals surface area contributed by atoms with Crippen molar-refractivity contribution in [3.8, 4) is 50.8 Å². The van der Waals surface area contributed by atoms with Crippen molar-refractivity contribution in [1.82, 2.24) is 14.1 Å². The van der Waals surface area contributed by atoms with Crippen molar-refractivity contribution >= 4 is 43.6 Å². The highest BCUT2D eigenvalue weighted by Gasteiger charge is 2.22. The van der Waals surface area contributed by atoms with E-state index in [4.69, 9.17) is 0 Å². The van der Waals surface area contributed by atoms with Crippen molar-refractivity contribution < 1.29 is 0 Å². The molecule has 3 aromatic heterocycles. The van der Waals surface area contributed by atoms with Gasteiger partial charge >= 0.3 is 0 Å². The second kappa shape index (κ2) is 13.0. The zero-order valence-corrected chi connectivity index (χ0v) is 31.8. The van der Waals surface area contributed by atoms with Gasteiger partial charge in [0.05, 0.1) is 39.0 Å². The minimum atomic E-state index is 0.592. The number of benzene rings is 7. The smallest absolute Gasteiger partial charge is 0.101 e. The van der Waals surface area contributed by atoms with Crippen molar-refractivity contribution in [3.63, 3.8) is 0 Å². The van der Waals surface area contributed by atoms with Gasteiger partial charge < -0.3 is 9.13 Å². The van der Waals surface area contributed by atoms with Crippen LogP contribution in [0.3, 0.4) is 0 Å². The Balaban J connectivity index is 1.29. The van der Waals surface area contributed by atoms with Gasteiger partial charge in [0.1, 0.15) is 6.07 Å². The summed E-state index contributed by atoms with van der Waals surface area (Å²) in [6.07, 6.45) is 3.69. The highest BCUT2D eigenvalue weighted by Crippen LogP contribution is 2.42. The third-order valence-electron chi connectivity index (χ3n) is 11.4. The SMILES string of the molecule is Cc1ccc(-c2ccc3c4ccccc4n(-c4cc(-c5ccncc5)c(-n5c6ccccc6c6ccc(-c7ccc(C)cc7C)cc65)cc4C#N)c3c2)c(C)c1. The lowest BCUT2D eigenvalue weighted by Crippen LogP contribution is -2.04. The Labute approximate surface area is 326 Å². The van der Waals surface area contributed by atoms with Gasteiger partial charge in [0.25, 0.3) is 0 Å². The molecule has 0 unspecified atom stereocenters. The Bertz CT molecular complexity index is 3240. The van der Waals surface area contributed by atoms with Crippen LogP contribution in [0.1, 0.15) is 27.8 Å². The zero-order valence-electron chi connectivity index (χ0n) is 31.8. The van der Waals surface area contributed by atoms with Crippen molar-refractivity contribution in [2.24, 2.45) is 0 Å². The molecule has 7 aromatic carbocycles. The summed E-state index contributed by atoms with van der Waals surface area (Å²) in [6.45, 7) is 8.63. The molecule has 0 amide bonds. The second-order valence-corrected chi connectivity index (χ2v) is 15.0. The summed E-state index contributed by atoms with van der Waals surface area (Å²) in [7, 11) is 0. The highest BCUT2D eigenvalue weighted by atomic mass is 15.0. The lowest BCUT2D eigenvalue weighted by atomic mass is 9.97. The normalized spacial score (nSPS) is 11.6. The largest absolute Gasteiger partial charge is 0.309 e. The number of fused-ring (bicyclic) bond motifs is 6. The first-order chi connectivity index (χ1) is 27.4. The first kappa shape index (κ1) is 33.4. The van der Waals surface area contributed by atoms with Crippen molar-refractivity contribution in [2.45, 2.75) is 27.7 Å². The number of aryl methyl sites for hydroxylation is 4. The molecule has 0 atom stereocenters. The number of hydrogen-bond acceptors (Lipinski definition) is 2. The van der Waals surface area contributed by atoms with Crippen molar-refractivity contribution in [1.29, 1.82) is 5.26 Å². The number of nitriles is 1. The molecule has 4 nitrogen and oxygen atoms in total. The molecule has 0 radical (unpaired) electrons. The third kappa shape index (κ3) is 5.24. The number of pyridine rings is 1. The first-order valence-corrected chi connectivity index (χ1v) is 19.1. The maximum Gasteiger partial charge on any atom is 0.101 e. The summed E-state index contributed by atoms with van der Waals surface area (Å²) in [5.41, 5.74) is 18.4. The van der Waals surface area contributed by atoms with Gasteiger partial charge in [-0.25, -0.2) is 0 Å². The van der Waals surface area contributed by atoms with E-state index < -0.39 is 0 Å². The molecule has 0 saturated heterocycles. The van der Waals surface area contributed by atoms with E-state index in [1.807, 2.05) is 12.4 Å². The Morgan fingerprint density at radius 1 is 0.429 bits per heavy atom. The molecule has 0 N–H and O–H groups in total. The van der Waals surface area contributed by atoms with Gasteiger partial charge in [-0.05, 0) is 115 Å². The van der Waals surface area contributed by atoms with Crippen molar-refractivity contribution in [2.75, 3.05) is 0 Å². The molecule has 0 aliphatic rings. The van der Waals surface area contributed by atoms with Gasteiger partial charge in [-0.2, -0.15) is 5.26 Å². The van der Waals surface area contributed by atoms with Crippen LogP contribution >= 0.6 is 0 Å². The van der Waals surface area contributed by atoms with Gasteiger partial charge in [0.15, 0.2) is 0 Å². The number of para-hydroxylation sites is 2. The van der Waals surface area contributed by atoms with E-state index in [-0.39, 0.29) is 0 Å². The van der Waals surface area contributed by atoms with Crippen LogP contribution in [0.5, 0.6) is 0 Å². The molecule has 10 aromatic rings. The number of rotatable bonds is 5. The van der Waals surface area contributed by atoms with E-state index in [0.29, 0.717) is 5.56 Å². The maximum atomic E-state index is 11.1. The Morgan fingerprint density at radius 3 is 1.45 bits per heavy atom. The van der Waals surface area contributed by atoms with Crippen molar-refractivity contribution in [3.05, 3.63) is 186 Å². The topological polar surface area (TPSA) is 46.5 Å². The first-order valence-electron chi connectivity index (χ1n) is 19.1. The highest BCUT2D eigenvalue weighted by molar-refractivity contribution is 6.12. The van der Waals surface area contributed by atoms with Gasteiger partial charge in [-0.3, -0.25) is 4.98 Å². The monoisotopic (exact) mass is 718 g/mol. The zero-order chi connectivity index (χ0) is 38.1. The van der Waals surface area contributed by atoms with E-state index in [1.165, 1.54) is 44.2 Å². The predicted octanol–water partition coefficient (Wildman–Crippen LogP) is 13.4. The molecule has 56 heavy (non-hydrogen) atoms. The van der Waals surface area contributed by atoms with E-state index in [9.17, 15) is 5.26 Å². The van der Waals surface area contributed by atoms with Gasteiger partial charge in [-0.1, -0.05) is 108 Å². The quantitative estimate of drug-likeness (QED) is 0.178. The summed E-state index contributed by atoms with van der Waals surface area (Å²) < 4.78 is 4.64. The van der Waals surface area contributed by atoms with Crippen LogP contribution in [-0.4, -0.2) is 14.1 Å². The fraction of sp³-hybridized carbons (Fsp3) is 0.0769. The van der Waals surface area contributed by atoms with E-state index in [2.05, 4.69) is 193 Å². The molecule has 0 saturated carbocycles. The van der Waals surface area contributed by atoms with Gasteiger partial charge in [0.2, 0.25) is 0 Å². The standard InChI is InChI=1S/C52H38N4/c1-32-13-17-40(34(3)25-32)37-15-19-44-42-9-5-7-11-47(42)55(50(44)27-37)49-30-46(36-21-23-54-24-22-36)52(29-39(49)31-53)56-48-12-8-6-10-43(48)45-20-16-38(28-51(45)56)41-18-14-33(2)26-35(41)4/h5-30H,1-4H3. The summed E-state index contributed by atoms with van der Waals surface area (Å²) in [4.78, 5) is 4.40. The Morgan fingerprint density at radius 2 is 0.929 bits per heavy atom. The molecule has 10 rings (SSSR count). The molecule has 0 fully saturated rings. The Hall–Kier alpha value is -7.22. The minimum absolute atomic E-state index is 0.592. The fourth-order valence-corrected chi connectivity index (χ4v) is 8.87. The maximum absolute atomic E-state index is 11.1. The van der Waals surface area contributed by atoms with E-state index in [1.54, 1.807) is 0 Å². The van der Waals surface area contributed by atoms with Crippen LogP contribution in [0, 0.1) is 39.0 Å². The molecular formula is C52H38N4. The van der Waals surface area contributed by atoms with Crippen LogP contribution in [-0.2, 0) is 0 Å². The van der Waals surface area contributed by atoms with Gasteiger partial charge in [-0.15, -0.1) is 0 Å². The number of nitrogens with zero attached hydrogens (tertiary/aromatic N) is 4. The molecule has 0 bridgehead atoms. The third-order valence-corrected chi connectivity index (χ3v) is 11.4. The molecule has 266 valence electrons. The predicted molar refractivity (Wildman–Crippen MR) is 233 cm³/mol. The van der Waals surface area contributed by atoms with Gasteiger partial charge in [0, 0.05) is 39.5 Å². The lowest BCUT2D eigenvalue weighted by Gasteiger charge is -2.19. The van der Waals surface area contributed by atoms with Crippen LogP contribution in [0.2, 0.25) is 0 Å². The van der Waals surface area contributed by atoms with Crippen LogP contribution < -0.4 is 0 Å². The second-order valence-electron chi connectivity index (χ2n) is 15.0. The summed E-state index contributed by atoms with van der Waals surface area (Å²) >= 11 is 0. The van der Waals surface area contributed by atoms with Crippen LogP contribution in [0.4, 0.5) is 0 Å². The Kier molecular flexibility index (Phi) is 7.73. The van der Waals surface area contributed by atoms with Crippen LogP contribution in [0.25, 0.3) is 88.4 Å². The summed E-state index contributed by atoms with van der Waals surface area (Å²) in [5.74, 6) is 0. The lowest BCUT2D eigenvalue weighted by molar-refractivity contribution is 1.13. The number of hydrogen-bond donors (Lipinski definition) is 0. The number of aromatic nitrogens is 3. The van der Waals surface area contributed by atoms with E-state index >= 15 is 0 Å². The summed E-state index contributed by atoms with van der Waals surface area (Å²) in [6, 6.07) is 55.0. The average Bonchev–Trinajstić information content (AvgIpc) is 3.72. The molecule has 3 heterocycles. The minimum Gasteiger partial charge on any atom is -0.309 e. The summed E-state index contributed by atoms with van der Waals surface area (Å²) in [5, 5.41) is 15.8. The molecular weight excluding hydrogens is 681 g/mol. The van der Waals surface area contributed by atoms with Crippen LogP contribution in [0.15, 0.2) is 158 Å². The molecule has 0 spiro atoms. The van der Waals surface area contributed by atoms with E-state index in [0.717, 1.165) is 66.5 Å². The molecule has 4 heteroatoms.